The van der Waals surface area contributed by atoms with Crippen molar-refractivity contribution in [3.05, 3.63) is 23.8 Å². The lowest BCUT2D eigenvalue weighted by Crippen LogP contribution is -2.34. The van der Waals surface area contributed by atoms with E-state index in [4.69, 9.17) is 4.74 Å². The van der Waals surface area contributed by atoms with E-state index >= 15 is 0 Å². The molecule has 0 unspecified atom stereocenters. The van der Waals surface area contributed by atoms with Crippen LogP contribution in [-0.4, -0.2) is 25.1 Å². The number of benzene rings is 1. The van der Waals surface area contributed by atoms with Crippen molar-refractivity contribution in [2.75, 3.05) is 12.4 Å². The van der Waals surface area contributed by atoms with Crippen molar-refractivity contribution in [3.8, 4) is 5.75 Å². The standard InChI is InChI=1S/C11H11NO4/c1-6-10(13)12-8-5-7(11(14)15-2)3-4-9(8)16-6/h3-6H,1-2H3,(H,12,13)/t6-/m0/s1. The summed E-state index contributed by atoms with van der Waals surface area (Å²) in [6.07, 6.45) is -0.517. The number of ether oxygens (including phenoxy) is 2. The highest BCUT2D eigenvalue weighted by Crippen LogP contribution is 2.30. The fraction of sp³-hybridized carbons (Fsp3) is 0.273. The van der Waals surface area contributed by atoms with Gasteiger partial charge in [-0.25, -0.2) is 4.79 Å². The maximum absolute atomic E-state index is 11.4. The van der Waals surface area contributed by atoms with E-state index in [-0.39, 0.29) is 5.91 Å². The second-order valence-electron chi connectivity index (χ2n) is 3.45. The Balaban J connectivity index is 2.36. The summed E-state index contributed by atoms with van der Waals surface area (Å²) < 4.78 is 9.93. The summed E-state index contributed by atoms with van der Waals surface area (Å²) in [5, 5.41) is 2.66. The molecule has 5 heteroatoms. The summed E-state index contributed by atoms with van der Waals surface area (Å²) in [5.41, 5.74) is 0.866. The Kier molecular flexibility index (Phi) is 2.52. The molecule has 0 saturated carbocycles. The molecule has 0 spiro atoms. The Morgan fingerprint density at radius 3 is 2.94 bits per heavy atom. The minimum Gasteiger partial charge on any atom is -0.479 e. The van der Waals surface area contributed by atoms with Crippen molar-refractivity contribution < 1.29 is 19.1 Å². The maximum atomic E-state index is 11.4. The lowest BCUT2D eigenvalue weighted by atomic mass is 10.1. The number of anilines is 1. The van der Waals surface area contributed by atoms with Crippen LogP contribution in [0.5, 0.6) is 5.75 Å². The number of rotatable bonds is 1. The number of nitrogens with one attached hydrogen (secondary N) is 1. The first-order valence-corrected chi connectivity index (χ1v) is 4.81. The molecule has 1 heterocycles. The molecule has 1 amide bonds. The zero-order chi connectivity index (χ0) is 11.7. The van der Waals surface area contributed by atoms with Gasteiger partial charge in [0.15, 0.2) is 6.10 Å². The molecule has 16 heavy (non-hydrogen) atoms. The molecule has 84 valence electrons. The van der Waals surface area contributed by atoms with Crippen molar-refractivity contribution in [1.29, 1.82) is 0 Å². The van der Waals surface area contributed by atoms with Crippen LogP contribution in [0.25, 0.3) is 0 Å². The molecule has 1 aromatic carbocycles. The molecule has 1 aliphatic heterocycles. The third-order valence-corrected chi connectivity index (χ3v) is 2.33. The highest BCUT2D eigenvalue weighted by molar-refractivity contribution is 5.99. The van der Waals surface area contributed by atoms with Crippen molar-refractivity contribution in [1.82, 2.24) is 0 Å². The second-order valence-corrected chi connectivity index (χ2v) is 3.45. The minimum atomic E-state index is -0.517. The summed E-state index contributed by atoms with van der Waals surface area (Å²) in [7, 11) is 1.30. The van der Waals surface area contributed by atoms with Crippen LogP contribution in [0.1, 0.15) is 17.3 Å². The Hall–Kier alpha value is -2.04. The van der Waals surface area contributed by atoms with Crippen molar-refractivity contribution >= 4 is 17.6 Å². The maximum Gasteiger partial charge on any atom is 0.337 e. The summed E-state index contributed by atoms with van der Waals surface area (Å²) in [4.78, 5) is 22.6. The van der Waals surface area contributed by atoms with Crippen LogP contribution in [-0.2, 0) is 9.53 Å². The number of carbonyl (C=O) groups is 2. The zero-order valence-electron chi connectivity index (χ0n) is 8.94. The number of amides is 1. The number of methoxy groups -OCH3 is 1. The molecule has 1 N–H and O–H groups in total. The van der Waals surface area contributed by atoms with Crippen LogP contribution < -0.4 is 10.1 Å². The van der Waals surface area contributed by atoms with Gasteiger partial charge in [-0.05, 0) is 25.1 Å². The average Bonchev–Trinajstić information content (AvgIpc) is 2.29. The van der Waals surface area contributed by atoms with E-state index in [1.54, 1.807) is 19.1 Å². The van der Waals surface area contributed by atoms with E-state index in [0.717, 1.165) is 0 Å². The van der Waals surface area contributed by atoms with Crippen molar-refractivity contribution in [2.24, 2.45) is 0 Å². The summed E-state index contributed by atoms with van der Waals surface area (Å²) in [5.74, 6) is -0.120. The first-order valence-electron chi connectivity index (χ1n) is 4.81. The van der Waals surface area contributed by atoms with E-state index in [9.17, 15) is 9.59 Å². The third kappa shape index (κ3) is 1.71. The molecule has 1 atom stereocenters. The molecule has 1 aliphatic rings. The lowest BCUT2D eigenvalue weighted by molar-refractivity contribution is -0.122. The largest absolute Gasteiger partial charge is 0.479 e. The van der Waals surface area contributed by atoms with Crippen LogP contribution in [0.2, 0.25) is 0 Å². The Morgan fingerprint density at radius 1 is 1.50 bits per heavy atom. The molecule has 0 bridgehead atoms. The van der Waals surface area contributed by atoms with Gasteiger partial charge in [0.25, 0.3) is 5.91 Å². The van der Waals surface area contributed by atoms with Gasteiger partial charge >= 0.3 is 5.97 Å². The zero-order valence-corrected chi connectivity index (χ0v) is 8.94. The Bertz CT molecular complexity index is 455. The van der Waals surface area contributed by atoms with E-state index < -0.39 is 12.1 Å². The van der Waals surface area contributed by atoms with E-state index in [1.165, 1.54) is 13.2 Å². The molecule has 1 aromatic rings. The van der Waals surface area contributed by atoms with Crippen LogP contribution in [0.4, 0.5) is 5.69 Å². The second kappa shape index (κ2) is 3.84. The first kappa shape index (κ1) is 10.5. The normalized spacial score (nSPS) is 18.1. The number of fused-ring (bicyclic) bond motifs is 1. The van der Waals surface area contributed by atoms with Crippen LogP contribution in [0, 0.1) is 0 Å². The number of hydrogen-bond acceptors (Lipinski definition) is 4. The van der Waals surface area contributed by atoms with Crippen LogP contribution >= 0.6 is 0 Å². The van der Waals surface area contributed by atoms with Crippen molar-refractivity contribution in [2.45, 2.75) is 13.0 Å². The Labute approximate surface area is 92.4 Å². The van der Waals surface area contributed by atoms with Gasteiger partial charge in [-0.2, -0.15) is 0 Å². The van der Waals surface area contributed by atoms with E-state index in [2.05, 4.69) is 10.1 Å². The predicted molar refractivity (Wildman–Crippen MR) is 56.5 cm³/mol. The fourth-order valence-electron chi connectivity index (χ4n) is 1.45. The summed E-state index contributed by atoms with van der Waals surface area (Å²) in [6, 6.07) is 4.76. The molecule has 5 nitrogen and oxygen atoms in total. The highest BCUT2D eigenvalue weighted by atomic mass is 16.5. The molecule has 0 aliphatic carbocycles. The average molecular weight is 221 g/mol. The van der Waals surface area contributed by atoms with Crippen LogP contribution in [0.15, 0.2) is 18.2 Å². The lowest BCUT2D eigenvalue weighted by Gasteiger charge is -2.23. The van der Waals surface area contributed by atoms with Gasteiger partial charge in [0.1, 0.15) is 5.75 Å². The topological polar surface area (TPSA) is 64.6 Å². The monoisotopic (exact) mass is 221 g/mol. The third-order valence-electron chi connectivity index (χ3n) is 2.33. The SMILES string of the molecule is COC(=O)c1ccc2c(c1)NC(=O)[C@H](C)O2. The Morgan fingerprint density at radius 2 is 2.25 bits per heavy atom. The first-order chi connectivity index (χ1) is 7.61. The van der Waals surface area contributed by atoms with Gasteiger partial charge < -0.3 is 14.8 Å². The molecular formula is C11H11NO4. The van der Waals surface area contributed by atoms with Gasteiger partial charge in [0.05, 0.1) is 18.4 Å². The highest BCUT2D eigenvalue weighted by Gasteiger charge is 2.24. The van der Waals surface area contributed by atoms with Gasteiger partial charge in [0.2, 0.25) is 0 Å². The number of esters is 1. The van der Waals surface area contributed by atoms with E-state index in [1.807, 2.05) is 0 Å². The molecule has 0 fully saturated rings. The van der Waals surface area contributed by atoms with Gasteiger partial charge in [-0.3, -0.25) is 4.79 Å². The molecule has 0 saturated heterocycles. The molecule has 0 radical (unpaired) electrons. The van der Waals surface area contributed by atoms with E-state index in [0.29, 0.717) is 17.0 Å². The molecule has 0 aromatic heterocycles. The predicted octanol–water partition coefficient (Wildman–Crippen LogP) is 1.19. The smallest absolute Gasteiger partial charge is 0.337 e. The fourth-order valence-corrected chi connectivity index (χ4v) is 1.45. The molecule has 2 rings (SSSR count). The quantitative estimate of drug-likeness (QED) is 0.723. The van der Waals surface area contributed by atoms with Gasteiger partial charge in [-0.15, -0.1) is 0 Å². The van der Waals surface area contributed by atoms with Gasteiger partial charge in [-0.1, -0.05) is 0 Å². The number of hydrogen-bond donors (Lipinski definition) is 1. The van der Waals surface area contributed by atoms with Crippen LogP contribution in [0.3, 0.4) is 0 Å². The minimum absolute atomic E-state index is 0.227. The summed E-state index contributed by atoms with van der Waals surface area (Å²) >= 11 is 0. The van der Waals surface area contributed by atoms with Crippen molar-refractivity contribution in [3.63, 3.8) is 0 Å². The molecular weight excluding hydrogens is 210 g/mol. The summed E-state index contributed by atoms with van der Waals surface area (Å²) in [6.45, 7) is 1.66. The van der Waals surface area contributed by atoms with Gasteiger partial charge in [0, 0.05) is 0 Å². The number of carbonyl (C=O) groups excluding carboxylic acids is 2.